The second kappa shape index (κ2) is 3.99. The van der Waals surface area contributed by atoms with Gasteiger partial charge in [0.15, 0.2) is 5.78 Å². The second-order valence-electron chi connectivity index (χ2n) is 5.31. The van der Waals surface area contributed by atoms with Crippen molar-refractivity contribution < 1.29 is 4.79 Å². The molecule has 2 rings (SSSR count). The molecule has 0 radical (unpaired) electrons. The molecule has 0 spiro atoms. The molecule has 0 aromatic heterocycles. The maximum Gasteiger partial charge on any atom is 0.157 e. The van der Waals surface area contributed by atoms with Gasteiger partial charge >= 0.3 is 0 Å². The van der Waals surface area contributed by atoms with Gasteiger partial charge in [-0.15, -0.1) is 0 Å². The van der Waals surface area contributed by atoms with Crippen LogP contribution in [-0.2, 0) is 4.79 Å². The van der Waals surface area contributed by atoms with E-state index in [-0.39, 0.29) is 0 Å². The number of carbonyl (C=O) groups is 1. The molecule has 2 nitrogen and oxygen atoms in total. The number of likely N-dealkylation sites (tertiary alicyclic amines) is 1. The molecule has 0 aromatic rings. The van der Waals surface area contributed by atoms with Crippen molar-refractivity contribution in [2.24, 2.45) is 11.8 Å². The van der Waals surface area contributed by atoms with Crippen molar-refractivity contribution in [3.63, 3.8) is 0 Å². The summed E-state index contributed by atoms with van der Waals surface area (Å²) in [5.41, 5.74) is 1.28. The van der Waals surface area contributed by atoms with Crippen molar-refractivity contribution in [3.8, 4) is 0 Å². The van der Waals surface area contributed by atoms with Gasteiger partial charge in [-0.3, -0.25) is 4.79 Å². The lowest BCUT2D eigenvalue weighted by atomic mass is 9.85. The number of piperidine rings is 1. The van der Waals surface area contributed by atoms with Crippen LogP contribution in [0.15, 0.2) is 11.8 Å². The SMILES string of the molecule is CC1CC(C)C(C)N(C2=CC(=O)CC2)C1. The molecule has 2 aliphatic rings. The fourth-order valence-corrected chi connectivity index (χ4v) is 2.90. The van der Waals surface area contributed by atoms with Gasteiger partial charge in [0.1, 0.15) is 0 Å². The minimum atomic E-state index is 0.308. The van der Waals surface area contributed by atoms with E-state index in [0.717, 1.165) is 31.2 Å². The summed E-state index contributed by atoms with van der Waals surface area (Å²) in [6.07, 6.45) is 4.87. The highest BCUT2D eigenvalue weighted by Crippen LogP contribution is 2.32. The fraction of sp³-hybridized carbons (Fsp3) is 0.769. The molecule has 1 saturated heterocycles. The Morgan fingerprint density at radius 1 is 1.27 bits per heavy atom. The molecular weight excluding hydrogens is 186 g/mol. The standard InChI is InChI=1S/C13H21NO/c1-9-6-10(2)11(3)14(8-9)12-4-5-13(15)7-12/h7,9-11H,4-6,8H2,1-3H3. The molecule has 2 heteroatoms. The molecule has 84 valence electrons. The van der Waals surface area contributed by atoms with Gasteiger partial charge in [0.25, 0.3) is 0 Å². The molecule has 3 atom stereocenters. The first kappa shape index (κ1) is 10.7. The minimum Gasteiger partial charge on any atom is -0.371 e. The number of nitrogens with zero attached hydrogens (tertiary/aromatic N) is 1. The first-order chi connectivity index (χ1) is 7.08. The average molecular weight is 207 g/mol. The number of allylic oxidation sites excluding steroid dienone is 2. The Hall–Kier alpha value is -0.790. The van der Waals surface area contributed by atoms with E-state index in [4.69, 9.17) is 0 Å². The summed E-state index contributed by atoms with van der Waals surface area (Å²) in [7, 11) is 0. The van der Waals surface area contributed by atoms with E-state index < -0.39 is 0 Å². The van der Waals surface area contributed by atoms with Crippen LogP contribution >= 0.6 is 0 Å². The molecule has 1 fully saturated rings. The molecular formula is C13H21NO. The highest BCUT2D eigenvalue weighted by molar-refractivity contribution is 5.92. The van der Waals surface area contributed by atoms with Crippen LogP contribution in [0, 0.1) is 11.8 Å². The summed E-state index contributed by atoms with van der Waals surface area (Å²) in [6, 6.07) is 0.596. The monoisotopic (exact) mass is 207 g/mol. The van der Waals surface area contributed by atoms with Crippen molar-refractivity contribution in [2.75, 3.05) is 6.54 Å². The van der Waals surface area contributed by atoms with Crippen molar-refractivity contribution in [2.45, 2.75) is 46.1 Å². The third-order valence-corrected chi connectivity index (χ3v) is 3.92. The van der Waals surface area contributed by atoms with Gasteiger partial charge < -0.3 is 4.90 Å². The first-order valence-electron chi connectivity index (χ1n) is 6.08. The van der Waals surface area contributed by atoms with Crippen LogP contribution in [-0.4, -0.2) is 23.3 Å². The van der Waals surface area contributed by atoms with Gasteiger partial charge in [0.2, 0.25) is 0 Å². The zero-order valence-electron chi connectivity index (χ0n) is 9.99. The van der Waals surface area contributed by atoms with Crippen molar-refractivity contribution in [3.05, 3.63) is 11.8 Å². The Morgan fingerprint density at radius 2 is 2.00 bits per heavy atom. The number of hydrogen-bond acceptors (Lipinski definition) is 2. The molecule has 3 unspecified atom stereocenters. The molecule has 0 saturated carbocycles. The van der Waals surface area contributed by atoms with Crippen LogP contribution in [0.2, 0.25) is 0 Å². The second-order valence-corrected chi connectivity index (χ2v) is 5.31. The van der Waals surface area contributed by atoms with E-state index in [9.17, 15) is 4.79 Å². The van der Waals surface area contributed by atoms with Gasteiger partial charge in [-0.2, -0.15) is 0 Å². The van der Waals surface area contributed by atoms with E-state index in [1.54, 1.807) is 0 Å². The average Bonchev–Trinajstić information content (AvgIpc) is 2.58. The van der Waals surface area contributed by atoms with Crippen molar-refractivity contribution >= 4 is 5.78 Å². The molecule has 1 aliphatic carbocycles. The fourth-order valence-electron chi connectivity index (χ4n) is 2.90. The van der Waals surface area contributed by atoms with Gasteiger partial charge in [0, 0.05) is 30.8 Å². The van der Waals surface area contributed by atoms with E-state index in [1.807, 2.05) is 6.08 Å². The summed E-state index contributed by atoms with van der Waals surface area (Å²) < 4.78 is 0. The Morgan fingerprint density at radius 3 is 2.60 bits per heavy atom. The van der Waals surface area contributed by atoms with Crippen LogP contribution in [0.5, 0.6) is 0 Å². The van der Waals surface area contributed by atoms with Gasteiger partial charge in [0.05, 0.1) is 0 Å². The van der Waals surface area contributed by atoms with E-state index in [1.165, 1.54) is 12.1 Å². The van der Waals surface area contributed by atoms with E-state index >= 15 is 0 Å². The number of carbonyl (C=O) groups excluding carboxylic acids is 1. The van der Waals surface area contributed by atoms with Gasteiger partial charge in [-0.05, 0) is 31.6 Å². The van der Waals surface area contributed by atoms with Crippen LogP contribution in [0.25, 0.3) is 0 Å². The lowest BCUT2D eigenvalue weighted by molar-refractivity contribution is -0.114. The van der Waals surface area contributed by atoms with Crippen molar-refractivity contribution in [1.82, 2.24) is 4.90 Å². The predicted octanol–water partition coefficient (Wildman–Crippen LogP) is 2.60. The zero-order valence-corrected chi connectivity index (χ0v) is 9.99. The van der Waals surface area contributed by atoms with Crippen LogP contribution in [0.1, 0.15) is 40.0 Å². The summed E-state index contributed by atoms with van der Waals surface area (Å²) in [4.78, 5) is 13.7. The summed E-state index contributed by atoms with van der Waals surface area (Å²) in [6.45, 7) is 8.06. The molecule has 1 aliphatic heterocycles. The summed E-state index contributed by atoms with van der Waals surface area (Å²) >= 11 is 0. The molecule has 0 N–H and O–H groups in total. The Kier molecular flexibility index (Phi) is 2.85. The lowest BCUT2D eigenvalue weighted by Gasteiger charge is -2.43. The predicted molar refractivity (Wildman–Crippen MR) is 61.4 cm³/mol. The summed E-state index contributed by atoms with van der Waals surface area (Å²) in [5, 5.41) is 0. The van der Waals surface area contributed by atoms with Crippen LogP contribution < -0.4 is 0 Å². The highest BCUT2D eigenvalue weighted by Gasteiger charge is 2.31. The molecule has 0 aromatic carbocycles. The number of rotatable bonds is 1. The Bertz CT molecular complexity index is 295. The third kappa shape index (κ3) is 2.09. The van der Waals surface area contributed by atoms with Crippen molar-refractivity contribution in [1.29, 1.82) is 0 Å². The van der Waals surface area contributed by atoms with Crippen LogP contribution in [0.3, 0.4) is 0 Å². The molecule has 0 amide bonds. The number of ketones is 1. The highest BCUT2D eigenvalue weighted by atomic mass is 16.1. The normalized spacial score (nSPS) is 37.0. The van der Waals surface area contributed by atoms with E-state index in [0.29, 0.717) is 11.8 Å². The number of hydrogen-bond donors (Lipinski definition) is 0. The van der Waals surface area contributed by atoms with E-state index in [2.05, 4.69) is 25.7 Å². The lowest BCUT2D eigenvalue weighted by Crippen LogP contribution is -2.44. The molecule has 15 heavy (non-hydrogen) atoms. The van der Waals surface area contributed by atoms with Crippen LogP contribution in [0.4, 0.5) is 0 Å². The van der Waals surface area contributed by atoms with Gasteiger partial charge in [-0.1, -0.05) is 13.8 Å². The largest absolute Gasteiger partial charge is 0.371 e. The maximum atomic E-state index is 11.3. The summed E-state index contributed by atoms with van der Waals surface area (Å²) in [5.74, 6) is 1.81. The molecule has 0 bridgehead atoms. The third-order valence-electron chi connectivity index (χ3n) is 3.92. The zero-order chi connectivity index (χ0) is 11.0. The molecule has 1 heterocycles. The smallest absolute Gasteiger partial charge is 0.157 e. The Labute approximate surface area is 92.3 Å². The quantitative estimate of drug-likeness (QED) is 0.658. The van der Waals surface area contributed by atoms with Gasteiger partial charge in [-0.25, -0.2) is 0 Å². The topological polar surface area (TPSA) is 20.3 Å². The minimum absolute atomic E-state index is 0.308. The first-order valence-corrected chi connectivity index (χ1v) is 6.08. The maximum absolute atomic E-state index is 11.3. The Balaban J connectivity index is 2.13.